The van der Waals surface area contributed by atoms with Crippen molar-refractivity contribution in [3.8, 4) is 0 Å². The monoisotopic (exact) mass is 439 g/mol. The fraction of sp³-hybridized carbons (Fsp3) is 0.360. The van der Waals surface area contributed by atoms with Crippen molar-refractivity contribution < 1.29 is 9.90 Å². The van der Waals surface area contributed by atoms with Gasteiger partial charge in [0.25, 0.3) is 5.91 Å². The van der Waals surface area contributed by atoms with Gasteiger partial charge < -0.3 is 10.4 Å². The van der Waals surface area contributed by atoms with Gasteiger partial charge in [0.15, 0.2) is 5.69 Å². The number of aliphatic hydroxyl groups is 1. The molecule has 0 bridgehead atoms. The number of aromatic nitrogens is 2. The third kappa shape index (κ3) is 6.68. The van der Waals surface area contributed by atoms with Crippen LogP contribution in [0.2, 0.25) is 5.02 Å². The van der Waals surface area contributed by atoms with Crippen LogP contribution >= 0.6 is 11.6 Å². The smallest absolute Gasteiger partial charge is 0.272 e. The molecular formula is C25H30ClN3O2. The lowest BCUT2D eigenvalue weighted by Gasteiger charge is -2.15. The van der Waals surface area contributed by atoms with E-state index >= 15 is 0 Å². The van der Waals surface area contributed by atoms with E-state index in [-0.39, 0.29) is 19.1 Å². The van der Waals surface area contributed by atoms with Crippen LogP contribution in [0.25, 0.3) is 0 Å². The number of halogens is 1. The highest BCUT2D eigenvalue weighted by Gasteiger charge is 2.26. The van der Waals surface area contributed by atoms with Gasteiger partial charge in [0, 0.05) is 28.7 Å². The van der Waals surface area contributed by atoms with E-state index in [1.165, 1.54) is 11.1 Å². The summed E-state index contributed by atoms with van der Waals surface area (Å²) in [7, 11) is 0. The maximum absolute atomic E-state index is 12.2. The number of rotatable bonds is 5. The van der Waals surface area contributed by atoms with Gasteiger partial charge in [-0.15, -0.1) is 0 Å². The Bertz CT molecular complexity index is 972. The molecule has 0 spiro atoms. The molecule has 1 amide bonds. The summed E-state index contributed by atoms with van der Waals surface area (Å²) in [6.45, 7) is 2.25. The Morgan fingerprint density at radius 3 is 2.68 bits per heavy atom. The fourth-order valence-corrected chi connectivity index (χ4v) is 4.15. The SMILES string of the molecule is Cc1ccccc1.O=C(NCCO)c1n[nH]c2c1CCCCC2Cc1cccc(Cl)c1. The number of carbonyl (C=O) groups is 1. The van der Waals surface area contributed by atoms with E-state index in [2.05, 4.69) is 40.6 Å². The van der Waals surface area contributed by atoms with Gasteiger partial charge in [-0.1, -0.05) is 66.0 Å². The average Bonchev–Trinajstić information content (AvgIpc) is 3.09. The Morgan fingerprint density at radius 2 is 2.00 bits per heavy atom. The molecule has 1 atom stereocenters. The number of aryl methyl sites for hydroxylation is 1. The Kier molecular flexibility index (Phi) is 8.68. The standard InChI is InChI=1S/C18H22ClN3O2.C7H8/c19-14-6-3-4-12(11-14)10-13-5-1-2-7-15-16(13)21-22-17(15)18(24)20-8-9-23;1-7-5-3-2-4-6-7/h3-4,6,11,13,23H,1-2,5,7-10H2,(H,20,24)(H,21,22);2-6H,1H3. The van der Waals surface area contributed by atoms with Crippen molar-refractivity contribution in [1.29, 1.82) is 0 Å². The molecule has 0 saturated heterocycles. The van der Waals surface area contributed by atoms with Crippen LogP contribution in [0.5, 0.6) is 0 Å². The summed E-state index contributed by atoms with van der Waals surface area (Å²) >= 11 is 6.10. The van der Waals surface area contributed by atoms with Crippen LogP contribution in [-0.2, 0) is 12.8 Å². The van der Waals surface area contributed by atoms with Crippen molar-refractivity contribution >= 4 is 17.5 Å². The first kappa shape index (κ1) is 23.0. The van der Waals surface area contributed by atoms with Crippen LogP contribution in [0.15, 0.2) is 54.6 Å². The maximum atomic E-state index is 12.2. The summed E-state index contributed by atoms with van der Waals surface area (Å²) in [5, 5.41) is 19.7. The number of hydrogen-bond donors (Lipinski definition) is 3. The largest absolute Gasteiger partial charge is 0.395 e. The van der Waals surface area contributed by atoms with Gasteiger partial charge in [0.05, 0.1) is 6.61 Å². The van der Waals surface area contributed by atoms with Crippen molar-refractivity contribution in [3.05, 3.63) is 87.7 Å². The third-order valence-electron chi connectivity index (χ3n) is 5.46. The van der Waals surface area contributed by atoms with E-state index in [0.29, 0.717) is 11.6 Å². The molecule has 1 heterocycles. The molecule has 1 aliphatic carbocycles. The summed E-state index contributed by atoms with van der Waals surface area (Å²) in [4.78, 5) is 12.2. The first-order chi connectivity index (χ1) is 15.1. The lowest BCUT2D eigenvalue weighted by Crippen LogP contribution is -2.27. The van der Waals surface area contributed by atoms with Gasteiger partial charge in [0.2, 0.25) is 0 Å². The van der Waals surface area contributed by atoms with Crippen LogP contribution in [0.3, 0.4) is 0 Å². The molecule has 1 aliphatic rings. The van der Waals surface area contributed by atoms with E-state index in [4.69, 9.17) is 16.7 Å². The number of benzene rings is 2. The molecule has 6 heteroatoms. The van der Waals surface area contributed by atoms with Crippen LogP contribution in [0, 0.1) is 6.92 Å². The summed E-state index contributed by atoms with van der Waals surface area (Å²) in [6, 6.07) is 18.2. The van der Waals surface area contributed by atoms with E-state index in [1.807, 2.05) is 36.4 Å². The molecule has 2 aromatic carbocycles. The topological polar surface area (TPSA) is 78.0 Å². The molecule has 0 fully saturated rings. The van der Waals surface area contributed by atoms with Crippen molar-refractivity contribution in [2.75, 3.05) is 13.2 Å². The van der Waals surface area contributed by atoms with Crippen molar-refractivity contribution in [3.63, 3.8) is 0 Å². The average molecular weight is 440 g/mol. The highest BCUT2D eigenvalue weighted by Crippen LogP contribution is 2.33. The molecule has 1 aromatic heterocycles. The molecule has 3 N–H and O–H groups in total. The van der Waals surface area contributed by atoms with Crippen LogP contribution < -0.4 is 5.32 Å². The minimum Gasteiger partial charge on any atom is -0.395 e. The van der Waals surface area contributed by atoms with E-state index in [1.54, 1.807) is 0 Å². The predicted octanol–water partition coefficient (Wildman–Crippen LogP) is 4.83. The summed E-state index contributed by atoms with van der Waals surface area (Å²) in [5.74, 6) is 0.0952. The maximum Gasteiger partial charge on any atom is 0.272 e. The summed E-state index contributed by atoms with van der Waals surface area (Å²) in [5.41, 5.74) is 5.08. The molecule has 3 aromatic rings. The number of nitrogens with one attached hydrogen (secondary N) is 2. The minimum absolute atomic E-state index is 0.0737. The van der Waals surface area contributed by atoms with Gasteiger partial charge in [-0.3, -0.25) is 9.89 Å². The molecule has 5 nitrogen and oxygen atoms in total. The van der Waals surface area contributed by atoms with Gasteiger partial charge >= 0.3 is 0 Å². The second-order valence-corrected chi connectivity index (χ2v) is 8.31. The summed E-state index contributed by atoms with van der Waals surface area (Å²) in [6.07, 6.45) is 5.00. The zero-order valence-electron chi connectivity index (χ0n) is 17.9. The number of nitrogens with zero attached hydrogens (tertiary/aromatic N) is 1. The van der Waals surface area contributed by atoms with Gasteiger partial charge in [0.1, 0.15) is 0 Å². The Balaban J connectivity index is 0.000000330. The second-order valence-electron chi connectivity index (χ2n) is 7.88. The second kappa shape index (κ2) is 11.7. The van der Waals surface area contributed by atoms with Crippen LogP contribution in [0.1, 0.15) is 58.1 Å². The molecule has 4 rings (SSSR count). The number of aliphatic hydroxyl groups excluding tert-OH is 1. The number of hydrogen-bond acceptors (Lipinski definition) is 3. The normalized spacial score (nSPS) is 15.3. The van der Waals surface area contributed by atoms with E-state index in [9.17, 15) is 4.79 Å². The van der Waals surface area contributed by atoms with Crippen LogP contribution in [0.4, 0.5) is 0 Å². The lowest BCUT2D eigenvalue weighted by molar-refractivity contribution is 0.0938. The Hall–Kier alpha value is -2.63. The number of carbonyl (C=O) groups excluding carboxylic acids is 1. The van der Waals surface area contributed by atoms with E-state index < -0.39 is 0 Å². The molecule has 1 unspecified atom stereocenters. The third-order valence-corrected chi connectivity index (χ3v) is 5.70. The van der Waals surface area contributed by atoms with Crippen LogP contribution in [-0.4, -0.2) is 34.4 Å². The fourth-order valence-electron chi connectivity index (χ4n) is 3.93. The number of amides is 1. The Morgan fingerprint density at radius 1 is 1.19 bits per heavy atom. The molecule has 0 aliphatic heterocycles. The van der Waals surface area contributed by atoms with E-state index in [0.717, 1.165) is 48.4 Å². The highest BCUT2D eigenvalue weighted by atomic mass is 35.5. The molecule has 0 radical (unpaired) electrons. The lowest BCUT2D eigenvalue weighted by atomic mass is 9.91. The summed E-state index contributed by atoms with van der Waals surface area (Å²) < 4.78 is 0. The minimum atomic E-state index is -0.218. The van der Waals surface area contributed by atoms with Gasteiger partial charge in [-0.25, -0.2) is 0 Å². The van der Waals surface area contributed by atoms with Gasteiger partial charge in [-0.05, 0) is 50.3 Å². The molecule has 0 saturated carbocycles. The molecular weight excluding hydrogens is 410 g/mol. The Labute approximate surface area is 188 Å². The highest BCUT2D eigenvalue weighted by molar-refractivity contribution is 6.30. The van der Waals surface area contributed by atoms with Crippen molar-refractivity contribution in [2.24, 2.45) is 0 Å². The van der Waals surface area contributed by atoms with Crippen molar-refractivity contribution in [1.82, 2.24) is 15.5 Å². The first-order valence-electron chi connectivity index (χ1n) is 10.8. The van der Waals surface area contributed by atoms with Gasteiger partial charge in [-0.2, -0.15) is 5.10 Å². The number of fused-ring (bicyclic) bond motifs is 1. The molecule has 31 heavy (non-hydrogen) atoms. The number of H-pyrrole nitrogens is 1. The first-order valence-corrected chi connectivity index (χ1v) is 11.2. The van der Waals surface area contributed by atoms with Crippen molar-refractivity contribution in [2.45, 2.75) is 44.9 Å². The molecule has 164 valence electrons. The predicted molar refractivity (Wildman–Crippen MR) is 125 cm³/mol. The zero-order valence-corrected chi connectivity index (χ0v) is 18.7. The quantitative estimate of drug-likeness (QED) is 0.498. The number of aromatic amines is 1. The zero-order chi connectivity index (χ0) is 22.1.